The molecular formula is C6H12S. The third-order valence-electron chi connectivity index (χ3n) is 0.486. The molecule has 0 aliphatic rings. The molecule has 0 bridgehead atoms. The topological polar surface area (TPSA) is 0 Å². The average Bonchev–Trinajstić information content (AvgIpc) is 1.61. The van der Waals surface area contributed by atoms with Gasteiger partial charge in [-0.3, -0.25) is 0 Å². The minimum atomic E-state index is 1.19. The summed E-state index contributed by atoms with van der Waals surface area (Å²) < 4.78 is 0. The minimum Gasteiger partial charge on any atom is -0.134 e. The van der Waals surface area contributed by atoms with Crippen molar-refractivity contribution in [1.82, 2.24) is 0 Å². The molecule has 0 N–H and O–H groups in total. The lowest BCUT2D eigenvalue weighted by molar-refractivity contribution is 1.41. The Hall–Kier alpha value is 0.0900. The Morgan fingerprint density at radius 3 is 2.29 bits per heavy atom. The summed E-state index contributed by atoms with van der Waals surface area (Å²) in [4.78, 5) is 0. The summed E-state index contributed by atoms with van der Waals surface area (Å²) in [6.07, 6.45) is 0. The van der Waals surface area contributed by atoms with E-state index in [1.807, 2.05) is 11.8 Å². The van der Waals surface area contributed by atoms with E-state index >= 15 is 0 Å². The summed E-state index contributed by atoms with van der Waals surface area (Å²) in [5, 5.41) is 2.18. The van der Waals surface area contributed by atoms with Gasteiger partial charge in [-0.15, -0.1) is 11.8 Å². The highest BCUT2D eigenvalue weighted by Crippen LogP contribution is 2.03. The summed E-state index contributed by atoms with van der Waals surface area (Å²) in [5.41, 5.74) is 1.40. The van der Waals surface area contributed by atoms with Gasteiger partial charge in [0.15, 0.2) is 0 Å². The highest BCUT2D eigenvalue weighted by molar-refractivity contribution is 8.02. The van der Waals surface area contributed by atoms with Gasteiger partial charge in [-0.2, -0.15) is 0 Å². The second-order valence-electron chi connectivity index (χ2n) is 1.65. The molecule has 42 valence electrons. The molecule has 0 aromatic heterocycles. The Morgan fingerprint density at radius 2 is 2.14 bits per heavy atom. The second-order valence-corrected chi connectivity index (χ2v) is 2.80. The summed E-state index contributed by atoms with van der Waals surface area (Å²) >= 11 is 1.85. The zero-order valence-corrected chi connectivity index (χ0v) is 6.01. The lowest BCUT2D eigenvalue weighted by Crippen LogP contribution is -1.60. The molecule has 0 nitrogen and oxygen atoms in total. The third-order valence-corrected chi connectivity index (χ3v) is 1.46. The summed E-state index contributed by atoms with van der Waals surface area (Å²) in [6, 6.07) is 0. The molecule has 1 heteroatoms. The quantitative estimate of drug-likeness (QED) is 0.534. The molecule has 0 heterocycles. The molecule has 0 rings (SSSR count). The molecule has 0 unspecified atom stereocenters. The van der Waals surface area contributed by atoms with Crippen LogP contribution in [-0.2, 0) is 0 Å². The Morgan fingerprint density at radius 1 is 1.57 bits per heavy atom. The van der Waals surface area contributed by atoms with Gasteiger partial charge >= 0.3 is 0 Å². The number of hydrogen-bond acceptors (Lipinski definition) is 1. The van der Waals surface area contributed by atoms with Gasteiger partial charge in [-0.25, -0.2) is 0 Å². The van der Waals surface area contributed by atoms with Gasteiger partial charge in [0.1, 0.15) is 0 Å². The minimum absolute atomic E-state index is 1.19. The molecule has 0 amide bonds. The van der Waals surface area contributed by atoms with Crippen molar-refractivity contribution in [2.45, 2.75) is 20.8 Å². The van der Waals surface area contributed by atoms with E-state index in [0.29, 0.717) is 0 Å². The molecule has 0 saturated heterocycles. The van der Waals surface area contributed by atoms with Crippen molar-refractivity contribution in [2.24, 2.45) is 0 Å². The van der Waals surface area contributed by atoms with Crippen molar-refractivity contribution in [3.05, 3.63) is 11.0 Å². The van der Waals surface area contributed by atoms with E-state index < -0.39 is 0 Å². The van der Waals surface area contributed by atoms with Crippen molar-refractivity contribution in [3.8, 4) is 0 Å². The van der Waals surface area contributed by atoms with Crippen LogP contribution in [0.25, 0.3) is 0 Å². The highest BCUT2D eigenvalue weighted by Gasteiger charge is 1.73. The lowest BCUT2D eigenvalue weighted by Gasteiger charge is -1.85. The van der Waals surface area contributed by atoms with Crippen LogP contribution in [0.15, 0.2) is 11.0 Å². The maximum atomic E-state index is 2.18. The fourth-order valence-electron chi connectivity index (χ4n) is 0.250. The van der Waals surface area contributed by atoms with Gasteiger partial charge in [-0.1, -0.05) is 12.5 Å². The summed E-state index contributed by atoms with van der Waals surface area (Å²) in [5.74, 6) is 1.19. The maximum absolute atomic E-state index is 2.18. The van der Waals surface area contributed by atoms with Crippen LogP contribution in [-0.4, -0.2) is 5.75 Å². The van der Waals surface area contributed by atoms with E-state index in [2.05, 4.69) is 26.2 Å². The zero-order chi connectivity index (χ0) is 5.70. The largest absolute Gasteiger partial charge is 0.134 e. The fourth-order valence-corrected chi connectivity index (χ4v) is 0.750. The Balaban J connectivity index is 3.08. The van der Waals surface area contributed by atoms with E-state index in [1.165, 1.54) is 11.3 Å². The van der Waals surface area contributed by atoms with Crippen molar-refractivity contribution < 1.29 is 0 Å². The number of thioether (sulfide) groups is 1. The molecule has 0 aromatic carbocycles. The normalized spacial score (nSPS) is 8.43. The predicted molar refractivity (Wildman–Crippen MR) is 37.6 cm³/mol. The zero-order valence-electron chi connectivity index (χ0n) is 5.19. The van der Waals surface area contributed by atoms with Crippen LogP contribution in [0, 0.1) is 0 Å². The van der Waals surface area contributed by atoms with Crippen molar-refractivity contribution in [3.63, 3.8) is 0 Å². The summed E-state index contributed by atoms with van der Waals surface area (Å²) in [6.45, 7) is 6.38. The molecule has 0 radical (unpaired) electrons. The highest BCUT2D eigenvalue weighted by atomic mass is 32.2. The van der Waals surface area contributed by atoms with Crippen LogP contribution >= 0.6 is 11.8 Å². The van der Waals surface area contributed by atoms with E-state index in [0.717, 1.165) is 0 Å². The van der Waals surface area contributed by atoms with E-state index in [4.69, 9.17) is 0 Å². The van der Waals surface area contributed by atoms with E-state index in [1.54, 1.807) is 0 Å². The lowest BCUT2D eigenvalue weighted by atomic mass is 10.4. The van der Waals surface area contributed by atoms with Gasteiger partial charge in [-0.05, 0) is 25.0 Å². The van der Waals surface area contributed by atoms with E-state index in [-0.39, 0.29) is 0 Å². The van der Waals surface area contributed by atoms with Crippen LogP contribution in [0.2, 0.25) is 0 Å². The van der Waals surface area contributed by atoms with Crippen LogP contribution in [0.1, 0.15) is 20.8 Å². The van der Waals surface area contributed by atoms with Crippen molar-refractivity contribution in [2.75, 3.05) is 5.75 Å². The number of rotatable bonds is 2. The molecule has 0 aliphatic carbocycles. The first-order valence-corrected chi connectivity index (χ1v) is 3.57. The van der Waals surface area contributed by atoms with Gasteiger partial charge in [0, 0.05) is 0 Å². The first kappa shape index (κ1) is 7.09. The second kappa shape index (κ2) is 4.25. The molecule has 0 atom stereocenters. The average molecular weight is 116 g/mol. The van der Waals surface area contributed by atoms with Gasteiger partial charge in [0.2, 0.25) is 0 Å². The number of hydrogen-bond donors (Lipinski definition) is 0. The Labute approximate surface area is 50.0 Å². The van der Waals surface area contributed by atoms with E-state index in [9.17, 15) is 0 Å². The molecule has 7 heavy (non-hydrogen) atoms. The standard InChI is InChI=1S/C6H12S/c1-4-7-5-6(2)3/h5H,4H2,1-3H3. The molecule has 0 saturated carbocycles. The third kappa shape index (κ3) is 6.09. The van der Waals surface area contributed by atoms with Crippen LogP contribution in [0.5, 0.6) is 0 Å². The Kier molecular flexibility index (Phi) is 4.31. The summed E-state index contributed by atoms with van der Waals surface area (Å²) in [7, 11) is 0. The SMILES string of the molecule is CCSC=C(C)C. The first-order chi connectivity index (χ1) is 3.27. The molecule has 0 fully saturated rings. The van der Waals surface area contributed by atoms with Gasteiger partial charge < -0.3 is 0 Å². The van der Waals surface area contributed by atoms with Crippen LogP contribution < -0.4 is 0 Å². The molecular weight excluding hydrogens is 104 g/mol. The Bertz CT molecular complexity index is 60.6. The van der Waals surface area contributed by atoms with Crippen LogP contribution in [0.4, 0.5) is 0 Å². The van der Waals surface area contributed by atoms with Gasteiger partial charge in [0.05, 0.1) is 0 Å². The molecule has 0 spiro atoms. The molecule has 0 aliphatic heterocycles. The predicted octanol–water partition coefficient (Wildman–Crippen LogP) is 2.66. The smallest absolute Gasteiger partial charge is 0.00545 e. The van der Waals surface area contributed by atoms with Crippen LogP contribution in [0.3, 0.4) is 0 Å². The fraction of sp³-hybridized carbons (Fsp3) is 0.667. The first-order valence-electron chi connectivity index (χ1n) is 2.52. The van der Waals surface area contributed by atoms with Crippen molar-refractivity contribution >= 4 is 11.8 Å². The maximum Gasteiger partial charge on any atom is -0.00545 e. The monoisotopic (exact) mass is 116 g/mol. The molecule has 0 aromatic rings. The van der Waals surface area contributed by atoms with Crippen molar-refractivity contribution in [1.29, 1.82) is 0 Å². The number of allylic oxidation sites excluding steroid dienone is 1. The van der Waals surface area contributed by atoms with Gasteiger partial charge in [0.25, 0.3) is 0 Å².